The number of methoxy groups -OCH3 is 1. The number of halogens is 1. The first-order chi connectivity index (χ1) is 8.95. The summed E-state index contributed by atoms with van der Waals surface area (Å²) in [4.78, 5) is 11.7. The van der Waals surface area contributed by atoms with Gasteiger partial charge in [0.25, 0.3) is 0 Å². The molecule has 0 bridgehead atoms. The molecular weight excluding hydrogens is 262 g/mol. The van der Waals surface area contributed by atoms with Crippen molar-refractivity contribution in [2.24, 2.45) is 0 Å². The molecule has 1 aromatic heterocycles. The molecule has 0 amide bonds. The van der Waals surface area contributed by atoms with Crippen molar-refractivity contribution in [2.75, 3.05) is 7.11 Å². The minimum atomic E-state index is -0.315. The van der Waals surface area contributed by atoms with Crippen molar-refractivity contribution >= 4 is 17.6 Å². The Labute approximate surface area is 117 Å². The van der Waals surface area contributed by atoms with Crippen molar-refractivity contribution in [1.29, 1.82) is 0 Å². The van der Waals surface area contributed by atoms with Crippen LogP contribution >= 0.6 is 11.6 Å². The monoisotopic (exact) mass is 277 g/mol. The van der Waals surface area contributed by atoms with Crippen LogP contribution in [0.2, 0.25) is 5.02 Å². The van der Waals surface area contributed by atoms with E-state index < -0.39 is 0 Å². The van der Waals surface area contributed by atoms with Crippen LogP contribution in [0.1, 0.15) is 27.3 Å². The molecule has 0 aliphatic heterocycles. The molecule has 3 nitrogen and oxygen atoms in total. The molecule has 4 heteroatoms. The standard InChI is InChI=1S/C15H16ClNO2/c1-9-7-12(5-6-14(9)16)17-10(2)8-13(11(17)3)15(18)19-4/h5-8H,1-4H3. The van der Waals surface area contributed by atoms with Crippen LogP contribution in [-0.4, -0.2) is 17.6 Å². The van der Waals surface area contributed by atoms with Gasteiger partial charge in [0.1, 0.15) is 0 Å². The molecule has 0 fully saturated rings. The Hall–Kier alpha value is -1.74. The highest BCUT2D eigenvalue weighted by molar-refractivity contribution is 6.31. The number of benzene rings is 1. The first-order valence-corrected chi connectivity index (χ1v) is 6.37. The van der Waals surface area contributed by atoms with Crippen molar-refractivity contribution in [3.63, 3.8) is 0 Å². The molecule has 0 aliphatic rings. The molecule has 0 radical (unpaired) electrons. The van der Waals surface area contributed by atoms with E-state index in [4.69, 9.17) is 16.3 Å². The average molecular weight is 278 g/mol. The van der Waals surface area contributed by atoms with E-state index in [1.807, 2.05) is 49.6 Å². The summed E-state index contributed by atoms with van der Waals surface area (Å²) in [5, 5.41) is 0.736. The van der Waals surface area contributed by atoms with Crippen molar-refractivity contribution in [1.82, 2.24) is 4.57 Å². The smallest absolute Gasteiger partial charge is 0.339 e. The maximum atomic E-state index is 11.7. The molecule has 100 valence electrons. The van der Waals surface area contributed by atoms with E-state index in [2.05, 4.69) is 0 Å². The molecule has 2 aromatic rings. The maximum Gasteiger partial charge on any atom is 0.339 e. The predicted molar refractivity (Wildman–Crippen MR) is 76.3 cm³/mol. The van der Waals surface area contributed by atoms with Crippen LogP contribution in [0.5, 0.6) is 0 Å². The van der Waals surface area contributed by atoms with Gasteiger partial charge in [-0.3, -0.25) is 0 Å². The molecule has 1 heterocycles. The van der Waals surface area contributed by atoms with Gasteiger partial charge < -0.3 is 9.30 Å². The third-order valence-electron chi connectivity index (χ3n) is 3.24. The zero-order chi connectivity index (χ0) is 14.2. The molecule has 0 aliphatic carbocycles. The van der Waals surface area contributed by atoms with E-state index >= 15 is 0 Å². The van der Waals surface area contributed by atoms with Crippen molar-refractivity contribution in [3.8, 4) is 5.69 Å². The van der Waals surface area contributed by atoms with Gasteiger partial charge in [-0.15, -0.1) is 0 Å². The first-order valence-electron chi connectivity index (χ1n) is 5.99. The lowest BCUT2D eigenvalue weighted by Gasteiger charge is -2.11. The number of hydrogen-bond donors (Lipinski definition) is 0. The number of ether oxygens (including phenoxy) is 1. The summed E-state index contributed by atoms with van der Waals surface area (Å²) in [6.45, 7) is 5.83. The zero-order valence-corrected chi connectivity index (χ0v) is 12.2. The van der Waals surface area contributed by atoms with Gasteiger partial charge in [-0.25, -0.2) is 4.79 Å². The predicted octanol–water partition coefficient (Wildman–Crippen LogP) is 3.84. The molecule has 0 spiro atoms. The summed E-state index contributed by atoms with van der Waals surface area (Å²) >= 11 is 6.04. The third kappa shape index (κ3) is 2.38. The topological polar surface area (TPSA) is 31.2 Å². The average Bonchev–Trinajstić information content (AvgIpc) is 2.68. The lowest BCUT2D eigenvalue weighted by Crippen LogP contribution is -2.04. The van der Waals surface area contributed by atoms with E-state index in [0.717, 1.165) is 27.7 Å². The highest BCUT2D eigenvalue weighted by Crippen LogP contribution is 2.24. The lowest BCUT2D eigenvalue weighted by molar-refractivity contribution is 0.0600. The number of nitrogens with zero attached hydrogens (tertiary/aromatic N) is 1. The molecule has 0 saturated heterocycles. The molecule has 0 atom stereocenters. The Kier molecular flexibility index (Phi) is 3.67. The summed E-state index contributed by atoms with van der Waals surface area (Å²) in [6.07, 6.45) is 0. The van der Waals surface area contributed by atoms with Crippen LogP contribution in [0.25, 0.3) is 5.69 Å². The molecule has 0 saturated carbocycles. The fourth-order valence-corrected chi connectivity index (χ4v) is 2.36. The van der Waals surface area contributed by atoms with Crippen LogP contribution in [0.15, 0.2) is 24.3 Å². The van der Waals surface area contributed by atoms with Gasteiger partial charge in [-0.2, -0.15) is 0 Å². The fourth-order valence-electron chi connectivity index (χ4n) is 2.24. The minimum Gasteiger partial charge on any atom is -0.465 e. The van der Waals surface area contributed by atoms with Crippen molar-refractivity contribution in [2.45, 2.75) is 20.8 Å². The van der Waals surface area contributed by atoms with Crippen LogP contribution in [0.4, 0.5) is 0 Å². The second-order valence-corrected chi connectivity index (χ2v) is 4.95. The van der Waals surface area contributed by atoms with Crippen LogP contribution in [0.3, 0.4) is 0 Å². The number of hydrogen-bond acceptors (Lipinski definition) is 2. The van der Waals surface area contributed by atoms with Crippen LogP contribution in [-0.2, 0) is 4.74 Å². The van der Waals surface area contributed by atoms with E-state index in [0.29, 0.717) is 5.56 Å². The summed E-state index contributed by atoms with van der Waals surface area (Å²) in [5.41, 5.74) is 4.44. The van der Waals surface area contributed by atoms with E-state index in [1.165, 1.54) is 7.11 Å². The number of esters is 1. The molecule has 0 N–H and O–H groups in total. The molecule has 19 heavy (non-hydrogen) atoms. The van der Waals surface area contributed by atoms with Gasteiger partial charge in [0.05, 0.1) is 12.7 Å². The van der Waals surface area contributed by atoms with E-state index in [1.54, 1.807) is 0 Å². The summed E-state index contributed by atoms with van der Waals surface area (Å²) in [6, 6.07) is 7.65. The fraction of sp³-hybridized carbons (Fsp3) is 0.267. The summed E-state index contributed by atoms with van der Waals surface area (Å²) < 4.78 is 6.81. The van der Waals surface area contributed by atoms with Crippen LogP contribution in [0, 0.1) is 20.8 Å². The zero-order valence-electron chi connectivity index (χ0n) is 11.5. The second-order valence-electron chi connectivity index (χ2n) is 4.55. The molecule has 0 unspecified atom stereocenters. The first kappa shape index (κ1) is 13.7. The highest BCUT2D eigenvalue weighted by atomic mass is 35.5. The largest absolute Gasteiger partial charge is 0.465 e. The quantitative estimate of drug-likeness (QED) is 0.781. The second kappa shape index (κ2) is 5.10. The van der Waals surface area contributed by atoms with Crippen molar-refractivity contribution in [3.05, 3.63) is 51.8 Å². The SMILES string of the molecule is COC(=O)c1cc(C)n(-c2ccc(Cl)c(C)c2)c1C. The molecule has 1 aromatic carbocycles. The number of aryl methyl sites for hydroxylation is 2. The Balaban J connectivity index is 2.59. The molecule has 2 rings (SSSR count). The Bertz CT molecular complexity index is 644. The Morgan fingerprint density at radius 1 is 1.21 bits per heavy atom. The van der Waals surface area contributed by atoms with Gasteiger partial charge >= 0.3 is 5.97 Å². The maximum absolute atomic E-state index is 11.7. The Morgan fingerprint density at radius 3 is 2.47 bits per heavy atom. The number of rotatable bonds is 2. The highest BCUT2D eigenvalue weighted by Gasteiger charge is 2.17. The third-order valence-corrected chi connectivity index (χ3v) is 3.66. The van der Waals surface area contributed by atoms with Gasteiger partial charge in [-0.1, -0.05) is 11.6 Å². The molecular formula is C15H16ClNO2. The number of carbonyl (C=O) groups excluding carboxylic acids is 1. The van der Waals surface area contributed by atoms with Gasteiger partial charge in [0, 0.05) is 22.1 Å². The van der Waals surface area contributed by atoms with Gasteiger partial charge in [-0.05, 0) is 50.6 Å². The van der Waals surface area contributed by atoms with Gasteiger partial charge in [0.15, 0.2) is 0 Å². The summed E-state index contributed by atoms with van der Waals surface area (Å²) in [5.74, 6) is -0.315. The summed E-state index contributed by atoms with van der Waals surface area (Å²) in [7, 11) is 1.39. The number of aromatic nitrogens is 1. The Morgan fingerprint density at radius 2 is 1.89 bits per heavy atom. The van der Waals surface area contributed by atoms with Gasteiger partial charge in [0.2, 0.25) is 0 Å². The van der Waals surface area contributed by atoms with Crippen molar-refractivity contribution < 1.29 is 9.53 Å². The van der Waals surface area contributed by atoms with E-state index in [9.17, 15) is 4.79 Å². The minimum absolute atomic E-state index is 0.315. The number of carbonyl (C=O) groups is 1. The normalized spacial score (nSPS) is 10.6. The lowest BCUT2D eigenvalue weighted by atomic mass is 10.2. The van der Waals surface area contributed by atoms with Crippen LogP contribution < -0.4 is 0 Å². The van der Waals surface area contributed by atoms with E-state index in [-0.39, 0.29) is 5.97 Å².